The van der Waals surface area contributed by atoms with Crippen molar-refractivity contribution in [2.75, 3.05) is 29.9 Å². The van der Waals surface area contributed by atoms with Crippen LogP contribution >= 0.6 is 0 Å². The number of nitrogens with one attached hydrogen (secondary N) is 1. The van der Waals surface area contributed by atoms with Gasteiger partial charge in [0.25, 0.3) is 0 Å². The molecule has 146 valence electrons. The lowest BCUT2D eigenvalue weighted by Gasteiger charge is -2.48. The van der Waals surface area contributed by atoms with Gasteiger partial charge in [-0.05, 0) is 77.5 Å². The van der Waals surface area contributed by atoms with Gasteiger partial charge in [-0.3, -0.25) is 0 Å². The zero-order valence-corrected chi connectivity index (χ0v) is 16.6. The number of hydrogen-bond donors (Lipinski definition) is 2. The van der Waals surface area contributed by atoms with Crippen molar-refractivity contribution in [3.63, 3.8) is 0 Å². The van der Waals surface area contributed by atoms with Crippen LogP contribution in [0.4, 0.5) is 15.8 Å². The molecule has 1 aromatic carbocycles. The molecule has 2 fully saturated rings. The Morgan fingerprint density at radius 2 is 1.73 bits per heavy atom. The number of benzene rings is 1. The average Bonchev–Trinajstić information content (AvgIpc) is 2.51. The molecule has 1 heterocycles. The molecule has 26 heavy (non-hydrogen) atoms. The Balaban J connectivity index is 1.64. The molecule has 3 rings (SSSR count). The van der Waals surface area contributed by atoms with Crippen molar-refractivity contribution in [1.82, 2.24) is 0 Å². The summed E-state index contributed by atoms with van der Waals surface area (Å²) in [6, 6.07) is 5.87. The van der Waals surface area contributed by atoms with Crippen molar-refractivity contribution in [3.8, 4) is 0 Å². The van der Waals surface area contributed by atoms with Gasteiger partial charge in [0.15, 0.2) is 0 Å². The second-order valence-corrected chi connectivity index (χ2v) is 9.31. The van der Waals surface area contributed by atoms with Crippen LogP contribution < -0.4 is 16.0 Å². The first-order valence-corrected chi connectivity index (χ1v) is 9.88. The molecule has 4 nitrogen and oxygen atoms in total. The van der Waals surface area contributed by atoms with Gasteiger partial charge in [0.05, 0.1) is 16.9 Å². The average molecular weight is 364 g/mol. The van der Waals surface area contributed by atoms with Crippen molar-refractivity contribution in [2.24, 2.45) is 11.7 Å². The first kappa shape index (κ1) is 19.4. The van der Waals surface area contributed by atoms with Crippen molar-refractivity contribution in [2.45, 2.75) is 70.6 Å². The number of nitrogens with zero attached hydrogens (tertiary/aromatic N) is 1. The molecule has 0 bridgehead atoms. The molecular formula is C21H34FN3O. The van der Waals surface area contributed by atoms with Gasteiger partial charge in [-0.1, -0.05) is 0 Å². The van der Waals surface area contributed by atoms with Gasteiger partial charge in [0.1, 0.15) is 5.82 Å². The van der Waals surface area contributed by atoms with Crippen molar-refractivity contribution in [1.29, 1.82) is 0 Å². The van der Waals surface area contributed by atoms with E-state index in [1.54, 1.807) is 6.07 Å². The van der Waals surface area contributed by atoms with E-state index in [0.717, 1.165) is 37.9 Å². The number of nitrogens with two attached hydrogens (primary N) is 1. The second-order valence-electron chi connectivity index (χ2n) is 9.31. The van der Waals surface area contributed by atoms with Crippen LogP contribution in [0, 0.1) is 11.7 Å². The van der Waals surface area contributed by atoms with Crippen LogP contribution in [0.25, 0.3) is 0 Å². The molecule has 1 saturated heterocycles. The molecule has 1 aliphatic heterocycles. The summed E-state index contributed by atoms with van der Waals surface area (Å²) in [5.74, 6) is 0.465. The quantitative estimate of drug-likeness (QED) is 0.844. The van der Waals surface area contributed by atoms with Gasteiger partial charge in [-0.25, -0.2) is 4.39 Å². The summed E-state index contributed by atoms with van der Waals surface area (Å²) < 4.78 is 20.9. The fraction of sp³-hybridized carbons (Fsp3) is 0.714. The van der Waals surface area contributed by atoms with E-state index < -0.39 is 0 Å². The summed E-state index contributed by atoms with van der Waals surface area (Å²) >= 11 is 0. The lowest BCUT2D eigenvalue weighted by molar-refractivity contribution is -0.133. The Morgan fingerprint density at radius 1 is 1.12 bits per heavy atom. The van der Waals surface area contributed by atoms with Crippen LogP contribution in [0.5, 0.6) is 0 Å². The zero-order chi connectivity index (χ0) is 18.9. The van der Waals surface area contributed by atoms with Crippen molar-refractivity contribution < 1.29 is 9.13 Å². The minimum atomic E-state index is -0.299. The second kappa shape index (κ2) is 7.35. The topological polar surface area (TPSA) is 50.5 Å². The molecule has 5 heteroatoms. The minimum Gasteiger partial charge on any atom is -0.385 e. The highest BCUT2D eigenvalue weighted by Gasteiger charge is 2.38. The minimum absolute atomic E-state index is 0.172. The Kier molecular flexibility index (Phi) is 5.50. The molecule has 0 radical (unpaired) electrons. The summed E-state index contributed by atoms with van der Waals surface area (Å²) in [4.78, 5) is 2.10. The van der Waals surface area contributed by atoms with Crippen molar-refractivity contribution in [3.05, 3.63) is 24.0 Å². The van der Waals surface area contributed by atoms with Gasteiger partial charge >= 0.3 is 0 Å². The molecule has 1 aliphatic carbocycles. The molecule has 0 spiro atoms. The molecule has 0 aromatic heterocycles. The summed E-state index contributed by atoms with van der Waals surface area (Å²) in [6.07, 6.45) is 4.52. The molecule has 3 N–H and O–H groups in total. The molecule has 1 aromatic rings. The zero-order valence-electron chi connectivity index (χ0n) is 16.6. The van der Waals surface area contributed by atoms with E-state index in [1.807, 2.05) is 12.1 Å². The van der Waals surface area contributed by atoms with Crippen molar-refractivity contribution >= 4 is 11.4 Å². The predicted octanol–water partition coefficient (Wildman–Crippen LogP) is 4.15. The van der Waals surface area contributed by atoms with E-state index in [9.17, 15) is 4.39 Å². The standard InChI is InChI=1S/C21H34FN3O/c1-20(2)13-25(14-21(3,4)26-20)19-10-9-17(11-18(19)22)24-12-15-5-7-16(23)8-6-15/h9-11,15-16,24H,5-8,12-14,23H2,1-4H3. The smallest absolute Gasteiger partial charge is 0.148 e. The largest absolute Gasteiger partial charge is 0.385 e. The van der Waals surface area contributed by atoms with Crippen LogP contribution in [-0.4, -0.2) is 36.9 Å². The Morgan fingerprint density at radius 3 is 2.31 bits per heavy atom. The molecular weight excluding hydrogens is 329 g/mol. The lowest BCUT2D eigenvalue weighted by Crippen LogP contribution is -2.57. The van der Waals surface area contributed by atoms with E-state index in [1.165, 1.54) is 0 Å². The van der Waals surface area contributed by atoms with Gasteiger partial charge in [0, 0.05) is 31.4 Å². The number of hydrogen-bond acceptors (Lipinski definition) is 4. The SMILES string of the molecule is CC1(C)CN(c2ccc(NCC3CCC(N)CC3)cc2F)CC(C)(C)O1. The third-order valence-electron chi connectivity index (χ3n) is 5.47. The van der Waals surface area contributed by atoms with E-state index >= 15 is 0 Å². The molecule has 0 atom stereocenters. The molecule has 2 aliphatic rings. The maximum atomic E-state index is 14.8. The highest BCUT2D eigenvalue weighted by atomic mass is 19.1. The Bertz CT molecular complexity index is 608. The van der Waals surface area contributed by atoms with Crippen LogP contribution in [0.2, 0.25) is 0 Å². The summed E-state index contributed by atoms with van der Waals surface area (Å²) in [7, 11) is 0. The molecule has 1 saturated carbocycles. The number of ether oxygens (including phenoxy) is 1. The van der Waals surface area contributed by atoms with Crippen LogP contribution in [0.15, 0.2) is 18.2 Å². The summed E-state index contributed by atoms with van der Waals surface area (Å²) in [5, 5.41) is 3.41. The third-order valence-corrected chi connectivity index (χ3v) is 5.47. The third kappa shape index (κ3) is 4.89. The van der Waals surface area contributed by atoms with Gasteiger partial charge in [0.2, 0.25) is 0 Å². The monoisotopic (exact) mass is 363 g/mol. The molecule has 0 amide bonds. The highest BCUT2D eigenvalue weighted by Crippen LogP contribution is 2.33. The van der Waals surface area contributed by atoms with Gasteiger partial charge in [-0.2, -0.15) is 0 Å². The van der Waals surface area contributed by atoms with E-state index in [4.69, 9.17) is 10.5 Å². The normalized spacial score (nSPS) is 28.0. The first-order valence-electron chi connectivity index (χ1n) is 9.88. The van der Waals surface area contributed by atoms with E-state index in [0.29, 0.717) is 30.7 Å². The van der Waals surface area contributed by atoms with Gasteiger partial charge in [-0.15, -0.1) is 0 Å². The van der Waals surface area contributed by atoms with Crippen LogP contribution in [0.3, 0.4) is 0 Å². The van der Waals surface area contributed by atoms with Crippen LogP contribution in [0.1, 0.15) is 53.4 Å². The number of halogens is 1. The number of anilines is 2. The number of morpholine rings is 1. The fourth-order valence-corrected chi connectivity index (χ4v) is 4.49. The van der Waals surface area contributed by atoms with E-state index in [-0.39, 0.29) is 17.0 Å². The highest BCUT2D eigenvalue weighted by molar-refractivity contribution is 5.57. The maximum Gasteiger partial charge on any atom is 0.148 e. The first-order chi connectivity index (χ1) is 12.1. The molecule has 0 unspecified atom stereocenters. The number of rotatable bonds is 4. The predicted molar refractivity (Wildman–Crippen MR) is 106 cm³/mol. The Hall–Kier alpha value is -1.33. The fourth-order valence-electron chi connectivity index (χ4n) is 4.49. The van der Waals surface area contributed by atoms with Crippen LogP contribution in [-0.2, 0) is 4.74 Å². The van der Waals surface area contributed by atoms with Gasteiger partial charge < -0.3 is 20.7 Å². The summed E-state index contributed by atoms with van der Waals surface area (Å²) in [6.45, 7) is 10.5. The lowest BCUT2D eigenvalue weighted by atomic mass is 9.86. The summed E-state index contributed by atoms with van der Waals surface area (Å²) in [5.41, 5.74) is 6.88. The Labute approximate surface area is 157 Å². The maximum absolute atomic E-state index is 14.8. The van der Waals surface area contributed by atoms with E-state index in [2.05, 4.69) is 37.9 Å².